The van der Waals surface area contributed by atoms with E-state index in [1.807, 2.05) is 18.2 Å². The van der Waals surface area contributed by atoms with Gasteiger partial charge in [0, 0.05) is 37.8 Å². The molecule has 35 heavy (non-hydrogen) atoms. The Morgan fingerprint density at radius 1 is 0.914 bits per heavy atom. The second kappa shape index (κ2) is 8.73. The van der Waals surface area contributed by atoms with Crippen molar-refractivity contribution < 1.29 is 17.9 Å². The lowest BCUT2D eigenvalue weighted by Crippen LogP contribution is -2.16. The van der Waals surface area contributed by atoms with Crippen LogP contribution in [-0.2, 0) is 16.9 Å². The number of nitrogens with one attached hydrogen (secondary N) is 1. The van der Waals surface area contributed by atoms with Crippen molar-refractivity contribution in [3.05, 3.63) is 89.5 Å². The molecule has 0 aliphatic rings. The highest BCUT2D eigenvalue weighted by molar-refractivity contribution is 7.90. The Morgan fingerprint density at radius 3 is 2.43 bits per heavy atom. The first-order valence-electron chi connectivity index (χ1n) is 10.5. The van der Waals surface area contributed by atoms with Gasteiger partial charge in [-0.05, 0) is 48.5 Å². The van der Waals surface area contributed by atoms with Gasteiger partial charge >= 0.3 is 0 Å². The molecular weight excluding hydrogens is 468 g/mol. The third-order valence-corrected chi connectivity index (χ3v) is 6.36. The van der Waals surface area contributed by atoms with Crippen molar-refractivity contribution in [2.45, 2.75) is 4.90 Å². The van der Waals surface area contributed by atoms with Gasteiger partial charge in [-0.25, -0.2) is 13.4 Å². The number of nitrogens with zero attached hydrogens (tertiary/aromatic N) is 3. The molecule has 0 unspecified atom stereocenters. The summed E-state index contributed by atoms with van der Waals surface area (Å²) in [6.45, 7) is 0. The molecule has 1 N–H and O–H groups in total. The lowest BCUT2D eigenvalue weighted by molar-refractivity contribution is 0.457. The monoisotopic (exact) mass is 488 g/mol. The Bertz CT molecular complexity index is 1690. The van der Waals surface area contributed by atoms with Crippen LogP contribution in [0.5, 0.6) is 23.0 Å². The van der Waals surface area contributed by atoms with E-state index in [1.54, 1.807) is 55.8 Å². The second-order valence-electron chi connectivity index (χ2n) is 7.85. The molecule has 2 aromatic carbocycles. The second-order valence-corrected chi connectivity index (χ2v) is 9.87. The summed E-state index contributed by atoms with van der Waals surface area (Å²) in [5.41, 5.74) is 1.45. The zero-order valence-electron chi connectivity index (χ0n) is 18.8. The van der Waals surface area contributed by atoms with Crippen LogP contribution in [0.25, 0.3) is 22.6 Å². The lowest BCUT2D eigenvalue weighted by Gasteiger charge is -2.11. The Kier molecular flexibility index (Phi) is 5.58. The van der Waals surface area contributed by atoms with Crippen LogP contribution in [0, 0.1) is 0 Å². The molecule has 10 heteroatoms. The van der Waals surface area contributed by atoms with Crippen molar-refractivity contribution in [3.63, 3.8) is 0 Å². The van der Waals surface area contributed by atoms with Crippen molar-refractivity contribution in [3.8, 4) is 34.5 Å². The Labute approximate surface area is 200 Å². The number of benzene rings is 2. The summed E-state index contributed by atoms with van der Waals surface area (Å²) in [7, 11) is -1.68. The molecular formula is C25H20N4O5S. The maximum absolute atomic E-state index is 12.5. The molecule has 0 saturated heterocycles. The normalized spacial score (nSPS) is 11.5. The minimum absolute atomic E-state index is 0.133. The van der Waals surface area contributed by atoms with Crippen LogP contribution in [0.2, 0.25) is 0 Å². The first-order valence-corrected chi connectivity index (χ1v) is 12.4. The predicted octanol–water partition coefficient (Wildman–Crippen LogP) is 4.31. The van der Waals surface area contributed by atoms with Crippen LogP contribution >= 0.6 is 0 Å². The van der Waals surface area contributed by atoms with Crippen LogP contribution < -0.4 is 15.0 Å². The molecule has 0 fully saturated rings. The van der Waals surface area contributed by atoms with Gasteiger partial charge < -0.3 is 19.0 Å². The van der Waals surface area contributed by atoms with E-state index >= 15 is 0 Å². The first kappa shape index (κ1) is 22.4. The van der Waals surface area contributed by atoms with E-state index in [-0.39, 0.29) is 16.2 Å². The van der Waals surface area contributed by atoms with E-state index in [0.29, 0.717) is 39.8 Å². The number of ether oxygens (including phenoxy) is 2. The molecule has 3 aromatic heterocycles. The molecule has 5 rings (SSSR count). The molecule has 0 atom stereocenters. The third kappa shape index (κ3) is 4.64. The van der Waals surface area contributed by atoms with Crippen molar-refractivity contribution in [1.82, 2.24) is 19.5 Å². The summed E-state index contributed by atoms with van der Waals surface area (Å²) in [4.78, 5) is 24.9. The fraction of sp³-hybridized carbons (Fsp3) is 0.0800. The molecule has 0 aliphatic heterocycles. The molecule has 0 saturated carbocycles. The highest BCUT2D eigenvalue weighted by Gasteiger charge is 2.16. The zero-order chi connectivity index (χ0) is 24.6. The van der Waals surface area contributed by atoms with E-state index in [9.17, 15) is 13.2 Å². The summed E-state index contributed by atoms with van der Waals surface area (Å²) in [6, 6.07) is 18.2. The van der Waals surface area contributed by atoms with Crippen molar-refractivity contribution in [2.75, 3.05) is 6.26 Å². The van der Waals surface area contributed by atoms with Crippen molar-refractivity contribution >= 4 is 20.9 Å². The number of sulfone groups is 1. The molecule has 5 aromatic rings. The number of pyridine rings is 2. The Morgan fingerprint density at radius 2 is 1.71 bits per heavy atom. The Balaban J connectivity index is 1.59. The molecule has 0 amide bonds. The molecule has 0 bridgehead atoms. The van der Waals surface area contributed by atoms with Crippen LogP contribution in [0.1, 0.15) is 0 Å². The highest BCUT2D eigenvalue weighted by Crippen LogP contribution is 2.35. The van der Waals surface area contributed by atoms with Gasteiger partial charge in [-0.3, -0.25) is 9.78 Å². The molecule has 3 heterocycles. The van der Waals surface area contributed by atoms with E-state index in [4.69, 9.17) is 9.47 Å². The number of rotatable bonds is 6. The fourth-order valence-corrected chi connectivity index (χ4v) is 4.11. The van der Waals surface area contributed by atoms with E-state index in [2.05, 4.69) is 15.0 Å². The van der Waals surface area contributed by atoms with Crippen molar-refractivity contribution in [1.29, 1.82) is 0 Å². The number of hydrogen-bond donors (Lipinski definition) is 1. The summed E-state index contributed by atoms with van der Waals surface area (Å²) in [5.74, 6) is 1.81. The summed E-state index contributed by atoms with van der Waals surface area (Å²) in [5, 5.41) is 0. The van der Waals surface area contributed by atoms with Gasteiger partial charge in [-0.2, -0.15) is 0 Å². The van der Waals surface area contributed by atoms with Gasteiger partial charge in [-0.15, -0.1) is 0 Å². The maximum atomic E-state index is 12.5. The minimum atomic E-state index is -3.32. The molecule has 0 aliphatic carbocycles. The van der Waals surface area contributed by atoms with Gasteiger partial charge in [0.2, 0.25) is 0 Å². The number of aryl methyl sites for hydroxylation is 1. The smallest absolute Gasteiger partial charge is 0.293 e. The molecule has 9 nitrogen and oxygen atoms in total. The largest absolute Gasteiger partial charge is 0.457 e. The van der Waals surface area contributed by atoms with Gasteiger partial charge in [0.15, 0.2) is 27.2 Å². The topological polar surface area (TPSA) is 116 Å². The number of imidazole rings is 1. The fourth-order valence-electron chi connectivity index (χ4n) is 3.48. The maximum Gasteiger partial charge on any atom is 0.293 e. The van der Waals surface area contributed by atoms with E-state index in [0.717, 1.165) is 6.26 Å². The SMILES string of the molecule is Cn1cccc(Oc2cc(Oc3ccc(S(C)(=O)=O)cc3)cc3[nH]c(-c4ccccn4)nc23)c1=O. The number of aromatic amines is 1. The standard InChI is InChI=1S/C25H20N4O5S/c1-29-13-5-7-21(25(29)30)34-22-15-17(33-16-8-10-18(11-9-16)35(2,31)32)14-20-23(22)28-24(27-20)19-6-3-4-12-26-19/h3-15H,1-2H3,(H,27,28). The van der Waals surface area contributed by atoms with Crippen LogP contribution in [0.15, 0.2) is 88.8 Å². The Hall–Kier alpha value is -4.44. The van der Waals surface area contributed by atoms with Crippen LogP contribution in [0.4, 0.5) is 0 Å². The van der Waals surface area contributed by atoms with E-state index < -0.39 is 9.84 Å². The van der Waals surface area contributed by atoms with Crippen LogP contribution in [-0.4, -0.2) is 34.2 Å². The predicted molar refractivity (Wildman–Crippen MR) is 131 cm³/mol. The van der Waals surface area contributed by atoms with Gasteiger partial charge in [0.1, 0.15) is 22.7 Å². The number of hydrogen-bond acceptors (Lipinski definition) is 7. The number of fused-ring (bicyclic) bond motifs is 1. The lowest BCUT2D eigenvalue weighted by atomic mass is 10.2. The summed E-state index contributed by atoms with van der Waals surface area (Å²) < 4.78 is 36.9. The number of aromatic nitrogens is 4. The van der Waals surface area contributed by atoms with Gasteiger partial charge in [-0.1, -0.05) is 6.07 Å². The highest BCUT2D eigenvalue weighted by atomic mass is 32.2. The van der Waals surface area contributed by atoms with E-state index in [1.165, 1.54) is 16.7 Å². The molecule has 0 radical (unpaired) electrons. The van der Waals surface area contributed by atoms with Crippen molar-refractivity contribution in [2.24, 2.45) is 7.05 Å². The first-order chi connectivity index (χ1) is 16.8. The number of H-pyrrole nitrogens is 1. The molecule has 0 spiro atoms. The third-order valence-electron chi connectivity index (χ3n) is 5.23. The minimum Gasteiger partial charge on any atom is -0.457 e. The summed E-state index contributed by atoms with van der Waals surface area (Å²) in [6.07, 6.45) is 4.45. The summed E-state index contributed by atoms with van der Waals surface area (Å²) >= 11 is 0. The average Bonchev–Trinajstić information content (AvgIpc) is 3.27. The molecule has 176 valence electrons. The van der Waals surface area contributed by atoms with Crippen LogP contribution in [0.3, 0.4) is 0 Å². The average molecular weight is 489 g/mol. The van der Waals surface area contributed by atoms with Gasteiger partial charge in [0.05, 0.1) is 10.4 Å². The quantitative estimate of drug-likeness (QED) is 0.378. The van der Waals surface area contributed by atoms with Gasteiger partial charge in [0.25, 0.3) is 5.56 Å². The zero-order valence-corrected chi connectivity index (χ0v) is 19.6.